The van der Waals surface area contributed by atoms with Crippen molar-refractivity contribution in [2.24, 2.45) is 0 Å². The molecule has 1 saturated heterocycles. The number of nitrogens with one attached hydrogen (secondary N) is 1. The minimum atomic E-state index is -0.412. The van der Waals surface area contributed by atoms with Gasteiger partial charge in [0, 0.05) is 17.6 Å². The minimum absolute atomic E-state index is 0.0407. The minimum Gasteiger partial charge on any atom is -0.377 e. The third-order valence-corrected chi connectivity index (χ3v) is 3.98. The van der Waals surface area contributed by atoms with Gasteiger partial charge >= 0.3 is 0 Å². The molecule has 21 heavy (non-hydrogen) atoms. The molecule has 1 aliphatic heterocycles. The van der Waals surface area contributed by atoms with Crippen molar-refractivity contribution < 1.29 is 9.53 Å². The fraction of sp³-hybridized carbons (Fsp3) is 0.467. The fourth-order valence-electron chi connectivity index (χ4n) is 2.47. The molecule has 1 atom stereocenters. The molecule has 2 aliphatic rings. The third-order valence-electron chi connectivity index (χ3n) is 3.74. The molecule has 1 aliphatic carbocycles. The van der Waals surface area contributed by atoms with Crippen molar-refractivity contribution >= 4 is 23.2 Å². The quantitative estimate of drug-likeness (QED) is 0.923. The van der Waals surface area contributed by atoms with Crippen molar-refractivity contribution in [2.75, 3.05) is 24.7 Å². The highest BCUT2D eigenvalue weighted by atomic mass is 35.5. The third kappa shape index (κ3) is 3.12. The van der Waals surface area contributed by atoms with Crippen LogP contribution in [-0.4, -0.2) is 37.7 Å². The second-order valence-electron chi connectivity index (χ2n) is 5.34. The van der Waals surface area contributed by atoms with Crippen LogP contribution in [0.3, 0.4) is 0 Å². The molecular formula is C15H16ClN3O2. The summed E-state index contributed by atoms with van der Waals surface area (Å²) in [6.07, 6.45) is 2.08. The molecule has 6 heteroatoms. The van der Waals surface area contributed by atoms with E-state index < -0.39 is 6.04 Å². The highest BCUT2D eigenvalue weighted by Crippen LogP contribution is 2.28. The van der Waals surface area contributed by atoms with E-state index in [1.807, 2.05) is 4.90 Å². The van der Waals surface area contributed by atoms with Crippen LogP contribution in [0.25, 0.3) is 0 Å². The van der Waals surface area contributed by atoms with Gasteiger partial charge in [0.05, 0.1) is 24.5 Å². The maximum absolute atomic E-state index is 12.4. The lowest BCUT2D eigenvalue weighted by Crippen LogP contribution is -2.54. The average molecular weight is 306 g/mol. The summed E-state index contributed by atoms with van der Waals surface area (Å²) in [5.41, 5.74) is 1.22. The van der Waals surface area contributed by atoms with Crippen LogP contribution in [0.4, 0.5) is 5.69 Å². The van der Waals surface area contributed by atoms with Crippen LogP contribution in [0.2, 0.25) is 5.02 Å². The Morgan fingerprint density at radius 3 is 3.00 bits per heavy atom. The molecule has 1 aromatic carbocycles. The molecule has 1 N–H and O–H groups in total. The Bertz CT molecular complexity index is 595. The smallest absolute Gasteiger partial charge is 0.245 e. The lowest BCUT2D eigenvalue weighted by molar-refractivity contribution is -0.124. The van der Waals surface area contributed by atoms with Crippen molar-refractivity contribution in [1.29, 1.82) is 5.26 Å². The van der Waals surface area contributed by atoms with E-state index >= 15 is 0 Å². The molecule has 1 aromatic rings. The van der Waals surface area contributed by atoms with E-state index in [1.54, 1.807) is 18.2 Å². The van der Waals surface area contributed by atoms with E-state index in [0.29, 0.717) is 42.1 Å². The highest BCUT2D eigenvalue weighted by Gasteiger charge is 2.34. The monoisotopic (exact) mass is 305 g/mol. The number of morpholine rings is 1. The standard InChI is InChI=1S/C15H16ClN3O2/c16-11-2-1-10(8-17)13(7-11)19-5-6-21-9-14(19)15(20)18-12-3-4-12/h1-2,7,12,14H,3-6,9H2,(H,18,20). The molecule has 3 rings (SSSR count). The van der Waals surface area contributed by atoms with E-state index in [1.165, 1.54) is 0 Å². The maximum Gasteiger partial charge on any atom is 0.245 e. The number of benzene rings is 1. The van der Waals surface area contributed by atoms with Gasteiger partial charge in [-0.3, -0.25) is 4.79 Å². The van der Waals surface area contributed by atoms with Gasteiger partial charge in [-0.1, -0.05) is 11.6 Å². The first-order chi connectivity index (χ1) is 10.2. The van der Waals surface area contributed by atoms with Gasteiger partial charge in [0.15, 0.2) is 0 Å². The summed E-state index contributed by atoms with van der Waals surface area (Å²) in [6.45, 7) is 1.43. The zero-order chi connectivity index (χ0) is 14.8. The largest absolute Gasteiger partial charge is 0.377 e. The summed E-state index contributed by atoms with van der Waals surface area (Å²) in [5.74, 6) is -0.0407. The van der Waals surface area contributed by atoms with Gasteiger partial charge in [-0.25, -0.2) is 0 Å². The first kappa shape index (κ1) is 14.2. The van der Waals surface area contributed by atoms with Gasteiger partial charge < -0.3 is 15.0 Å². The van der Waals surface area contributed by atoms with Crippen LogP contribution >= 0.6 is 11.6 Å². The summed E-state index contributed by atoms with van der Waals surface area (Å²) in [7, 11) is 0. The van der Waals surface area contributed by atoms with Crippen molar-refractivity contribution in [2.45, 2.75) is 24.9 Å². The van der Waals surface area contributed by atoms with Crippen LogP contribution in [0.5, 0.6) is 0 Å². The molecule has 0 spiro atoms. The van der Waals surface area contributed by atoms with Gasteiger partial charge in [-0.05, 0) is 31.0 Å². The number of nitriles is 1. The van der Waals surface area contributed by atoms with E-state index in [0.717, 1.165) is 12.8 Å². The zero-order valence-corrected chi connectivity index (χ0v) is 12.3. The predicted molar refractivity (Wildman–Crippen MR) is 79.3 cm³/mol. The Balaban J connectivity index is 1.88. The number of amides is 1. The Hall–Kier alpha value is -1.77. The van der Waals surface area contributed by atoms with Gasteiger partial charge in [-0.15, -0.1) is 0 Å². The van der Waals surface area contributed by atoms with Gasteiger partial charge in [0.25, 0.3) is 0 Å². The lowest BCUT2D eigenvalue weighted by Gasteiger charge is -2.36. The van der Waals surface area contributed by atoms with Gasteiger partial charge in [-0.2, -0.15) is 5.26 Å². The van der Waals surface area contributed by atoms with Crippen LogP contribution in [0, 0.1) is 11.3 Å². The van der Waals surface area contributed by atoms with Crippen LogP contribution < -0.4 is 10.2 Å². The molecular weight excluding hydrogens is 290 g/mol. The number of ether oxygens (including phenoxy) is 1. The molecule has 1 unspecified atom stereocenters. The molecule has 0 aromatic heterocycles. The van der Waals surface area contributed by atoms with Crippen LogP contribution in [0.15, 0.2) is 18.2 Å². The molecule has 110 valence electrons. The highest BCUT2D eigenvalue weighted by molar-refractivity contribution is 6.30. The Morgan fingerprint density at radius 1 is 1.48 bits per heavy atom. The molecule has 2 fully saturated rings. The summed E-state index contributed by atoms with van der Waals surface area (Å²) in [4.78, 5) is 14.3. The number of anilines is 1. The van der Waals surface area contributed by atoms with Crippen molar-refractivity contribution in [3.63, 3.8) is 0 Å². The summed E-state index contributed by atoms with van der Waals surface area (Å²) >= 11 is 6.05. The van der Waals surface area contributed by atoms with Crippen LogP contribution in [-0.2, 0) is 9.53 Å². The van der Waals surface area contributed by atoms with E-state index in [-0.39, 0.29) is 5.91 Å². The van der Waals surface area contributed by atoms with Crippen molar-refractivity contribution in [3.05, 3.63) is 28.8 Å². The maximum atomic E-state index is 12.4. The normalized spacial score (nSPS) is 21.7. The summed E-state index contributed by atoms with van der Waals surface area (Å²) in [5, 5.41) is 12.8. The number of hydrogen-bond acceptors (Lipinski definition) is 4. The van der Waals surface area contributed by atoms with Crippen molar-refractivity contribution in [3.8, 4) is 6.07 Å². The summed E-state index contributed by atoms with van der Waals surface area (Å²) < 4.78 is 5.44. The average Bonchev–Trinajstić information content (AvgIpc) is 3.31. The second-order valence-corrected chi connectivity index (χ2v) is 5.78. The topological polar surface area (TPSA) is 65.4 Å². The first-order valence-corrected chi connectivity index (χ1v) is 7.41. The Kier molecular flexibility index (Phi) is 4.00. The number of hydrogen-bond donors (Lipinski definition) is 1. The Morgan fingerprint density at radius 2 is 2.29 bits per heavy atom. The lowest BCUT2D eigenvalue weighted by atomic mass is 10.1. The van der Waals surface area contributed by atoms with E-state index in [9.17, 15) is 10.1 Å². The van der Waals surface area contributed by atoms with E-state index in [2.05, 4.69) is 11.4 Å². The number of nitrogens with zero attached hydrogens (tertiary/aromatic N) is 2. The number of rotatable bonds is 3. The molecule has 1 saturated carbocycles. The molecule has 0 bridgehead atoms. The zero-order valence-electron chi connectivity index (χ0n) is 11.5. The van der Waals surface area contributed by atoms with Crippen LogP contribution in [0.1, 0.15) is 18.4 Å². The van der Waals surface area contributed by atoms with E-state index in [4.69, 9.17) is 16.3 Å². The summed E-state index contributed by atoms with van der Waals surface area (Å²) in [6, 6.07) is 7.16. The van der Waals surface area contributed by atoms with Gasteiger partial charge in [0.2, 0.25) is 5.91 Å². The number of carbonyl (C=O) groups excluding carboxylic acids is 1. The number of halogens is 1. The van der Waals surface area contributed by atoms with Crippen molar-refractivity contribution in [1.82, 2.24) is 5.32 Å². The Labute approximate surface area is 128 Å². The molecule has 5 nitrogen and oxygen atoms in total. The fourth-order valence-corrected chi connectivity index (χ4v) is 2.64. The molecule has 0 radical (unpaired) electrons. The molecule has 1 amide bonds. The predicted octanol–water partition coefficient (Wildman–Crippen LogP) is 1.70. The second kappa shape index (κ2) is 5.92. The molecule has 1 heterocycles. The SMILES string of the molecule is N#Cc1ccc(Cl)cc1N1CCOCC1C(=O)NC1CC1. The number of carbonyl (C=O) groups is 1. The first-order valence-electron chi connectivity index (χ1n) is 7.03. The van der Waals surface area contributed by atoms with Gasteiger partial charge in [0.1, 0.15) is 12.1 Å².